The van der Waals surface area contributed by atoms with Crippen molar-refractivity contribution in [1.29, 1.82) is 0 Å². The lowest BCUT2D eigenvalue weighted by Crippen LogP contribution is -2.41. The second kappa shape index (κ2) is 10.0. The van der Waals surface area contributed by atoms with Crippen LogP contribution in [0, 0.1) is 0 Å². The molecule has 0 aliphatic carbocycles. The molecule has 0 heterocycles. The van der Waals surface area contributed by atoms with Crippen LogP contribution in [-0.4, -0.2) is 37.3 Å². The average Bonchev–Trinajstić information content (AvgIpc) is 2.53. The van der Waals surface area contributed by atoms with Crippen molar-refractivity contribution >= 4 is 18.0 Å². The van der Waals surface area contributed by atoms with Gasteiger partial charge in [0, 0.05) is 6.04 Å². The third-order valence-corrected chi connectivity index (χ3v) is 2.63. The van der Waals surface area contributed by atoms with Crippen molar-refractivity contribution in [3.8, 4) is 11.5 Å². The minimum Gasteiger partial charge on any atom is -0.490 e. The molecule has 1 rings (SSSR count). The average molecular weight is 333 g/mol. The Morgan fingerprint density at radius 3 is 2.62 bits per heavy atom. The number of ether oxygens (including phenoxy) is 2. The molecule has 2 amide bonds. The van der Waals surface area contributed by atoms with E-state index in [1.165, 1.54) is 6.21 Å². The quantitative estimate of drug-likeness (QED) is 0.327. The number of hydrogen-bond donors (Lipinski definition) is 2. The van der Waals surface area contributed by atoms with Crippen molar-refractivity contribution in [2.75, 3.05) is 13.2 Å². The first-order valence-electron chi connectivity index (χ1n) is 7.62. The highest BCUT2D eigenvalue weighted by Crippen LogP contribution is 2.28. The number of hydrazone groups is 1. The van der Waals surface area contributed by atoms with E-state index in [0.717, 1.165) is 0 Å². The number of nitrogens with one attached hydrogen (secondary N) is 2. The third kappa shape index (κ3) is 6.51. The van der Waals surface area contributed by atoms with Crippen LogP contribution in [0.15, 0.2) is 36.0 Å². The summed E-state index contributed by atoms with van der Waals surface area (Å²) in [6.07, 6.45) is 3.06. The second-order valence-corrected chi connectivity index (χ2v) is 5.07. The maximum atomic E-state index is 11.5. The zero-order chi connectivity index (χ0) is 17.9. The van der Waals surface area contributed by atoms with Crippen LogP contribution in [-0.2, 0) is 9.59 Å². The first-order chi connectivity index (χ1) is 11.5. The van der Waals surface area contributed by atoms with Gasteiger partial charge in [0.1, 0.15) is 6.61 Å². The largest absolute Gasteiger partial charge is 0.490 e. The van der Waals surface area contributed by atoms with Gasteiger partial charge in [-0.05, 0) is 44.5 Å². The molecular formula is C17H23N3O4. The normalized spacial score (nSPS) is 10.5. The molecule has 7 heteroatoms. The summed E-state index contributed by atoms with van der Waals surface area (Å²) < 4.78 is 11.0. The Balaban J connectivity index is 2.73. The lowest BCUT2D eigenvalue weighted by atomic mass is 10.2. The van der Waals surface area contributed by atoms with E-state index >= 15 is 0 Å². The van der Waals surface area contributed by atoms with Crippen LogP contribution in [0.5, 0.6) is 11.5 Å². The first kappa shape index (κ1) is 19.2. The van der Waals surface area contributed by atoms with Crippen molar-refractivity contribution in [1.82, 2.24) is 10.7 Å². The van der Waals surface area contributed by atoms with E-state index in [4.69, 9.17) is 9.47 Å². The molecule has 0 aliphatic heterocycles. The molecule has 0 bridgehead atoms. The van der Waals surface area contributed by atoms with Crippen LogP contribution < -0.4 is 20.2 Å². The van der Waals surface area contributed by atoms with E-state index in [0.29, 0.717) is 30.3 Å². The zero-order valence-corrected chi connectivity index (χ0v) is 14.2. The molecule has 0 unspecified atom stereocenters. The van der Waals surface area contributed by atoms with Gasteiger partial charge in [0.25, 0.3) is 0 Å². The summed E-state index contributed by atoms with van der Waals surface area (Å²) in [5.74, 6) is -0.400. The molecule has 0 aliphatic rings. The maximum Gasteiger partial charge on any atom is 0.329 e. The standard InChI is InChI=1S/C17H23N3O4/c1-5-9-24-14-8-7-13(10-15(14)23-6-2)11-18-20-17(22)16(21)19-12(3)4/h5,7-8,10-12H,1,6,9H2,2-4H3,(H,19,21)(H,20,22). The lowest BCUT2D eigenvalue weighted by Gasteiger charge is -2.11. The van der Waals surface area contributed by atoms with Gasteiger partial charge in [0.05, 0.1) is 12.8 Å². The van der Waals surface area contributed by atoms with Crippen LogP contribution >= 0.6 is 0 Å². The zero-order valence-electron chi connectivity index (χ0n) is 14.2. The smallest absolute Gasteiger partial charge is 0.329 e. The molecule has 0 spiro atoms. The molecule has 0 saturated heterocycles. The van der Waals surface area contributed by atoms with E-state index in [1.807, 2.05) is 6.92 Å². The van der Waals surface area contributed by atoms with Gasteiger partial charge in [-0.3, -0.25) is 9.59 Å². The fourth-order valence-electron chi connectivity index (χ4n) is 1.69. The Labute approximate surface area is 141 Å². The minimum absolute atomic E-state index is 0.121. The summed E-state index contributed by atoms with van der Waals surface area (Å²) in [6.45, 7) is 9.84. The topological polar surface area (TPSA) is 89.0 Å². The van der Waals surface area contributed by atoms with Crippen molar-refractivity contribution in [3.63, 3.8) is 0 Å². The van der Waals surface area contributed by atoms with Crippen LogP contribution in [0.1, 0.15) is 26.3 Å². The fourth-order valence-corrected chi connectivity index (χ4v) is 1.69. The van der Waals surface area contributed by atoms with Gasteiger partial charge in [-0.15, -0.1) is 0 Å². The fraction of sp³-hybridized carbons (Fsp3) is 0.353. The SMILES string of the molecule is C=CCOc1ccc(C=NNC(=O)C(=O)NC(C)C)cc1OCC. The number of amides is 2. The predicted octanol–water partition coefficient (Wildman–Crippen LogP) is 1.62. The van der Waals surface area contributed by atoms with Crippen molar-refractivity contribution in [2.45, 2.75) is 26.8 Å². The Kier molecular flexibility index (Phi) is 8.04. The Hall–Kier alpha value is -2.83. The molecule has 0 radical (unpaired) electrons. The Bertz CT molecular complexity index is 612. The van der Waals surface area contributed by atoms with Crippen molar-refractivity contribution in [3.05, 3.63) is 36.4 Å². The van der Waals surface area contributed by atoms with Gasteiger partial charge in [-0.2, -0.15) is 5.10 Å². The summed E-state index contributed by atoms with van der Waals surface area (Å²) in [5, 5.41) is 6.24. The van der Waals surface area contributed by atoms with Crippen molar-refractivity contribution < 1.29 is 19.1 Å². The summed E-state index contributed by atoms with van der Waals surface area (Å²) in [7, 11) is 0. The number of benzene rings is 1. The van der Waals surface area contributed by atoms with Crippen LogP contribution in [0.4, 0.5) is 0 Å². The summed E-state index contributed by atoms with van der Waals surface area (Å²) in [4.78, 5) is 23.0. The molecule has 0 atom stereocenters. The molecule has 24 heavy (non-hydrogen) atoms. The van der Waals surface area contributed by atoms with Crippen LogP contribution in [0.2, 0.25) is 0 Å². The summed E-state index contributed by atoms with van der Waals surface area (Å²) in [6, 6.07) is 5.10. The number of carbonyl (C=O) groups is 2. The van der Waals surface area contributed by atoms with Gasteiger partial charge in [-0.1, -0.05) is 12.7 Å². The third-order valence-electron chi connectivity index (χ3n) is 2.63. The number of rotatable bonds is 8. The van der Waals surface area contributed by atoms with E-state index in [2.05, 4.69) is 22.4 Å². The molecule has 0 fully saturated rings. The minimum atomic E-state index is -0.823. The van der Waals surface area contributed by atoms with E-state index < -0.39 is 11.8 Å². The van der Waals surface area contributed by atoms with E-state index in [-0.39, 0.29) is 6.04 Å². The highest BCUT2D eigenvalue weighted by Gasteiger charge is 2.13. The Morgan fingerprint density at radius 2 is 2.00 bits per heavy atom. The van der Waals surface area contributed by atoms with Gasteiger partial charge >= 0.3 is 11.8 Å². The van der Waals surface area contributed by atoms with Gasteiger partial charge in [0.2, 0.25) is 0 Å². The molecule has 130 valence electrons. The number of carbonyl (C=O) groups excluding carboxylic acids is 2. The molecule has 1 aromatic rings. The van der Waals surface area contributed by atoms with Crippen LogP contribution in [0.3, 0.4) is 0 Å². The molecule has 1 aromatic carbocycles. The van der Waals surface area contributed by atoms with E-state index in [9.17, 15) is 9.59 Å². The molecule has 7 nitrogen and oxygen atoms in total. The van der Waals surface area contributed by atoms with Gasteiger partial charge in [0.15, 0.2) is 11.5 Å². The van der Waals surface area contributed by atoms with Gasteiger partial charge in [-0.25, -0.2) is 5.43 Å². The highest BCUT2D eigenvalue weighted by molar-refractivity contribution is 6.35. The molecular weight excluding hydrogens is 310 g/mol. The summed E-state index contributed by atoms with van der Waals surface area (Å²) in [5.41, 5.74) is 2.86. The van der Waals surface area contributed by atoms with Gasteiger partial charge < -0.3 is 14.8 Å². The first-order valence-corrected chi connectivity index (χ1v) is 7.62. The number of nitrogens with zero attached hydrogens (tertiary/aromatic N) is 1. The monoisotopic (exact) mass is 333 g/mol. The van der Waals surface area contributed by atoms with Crippen molar-refractivity contribution in [2.24, 2.45) is 5.10 Å². The molecule has 0 aromatic heterocycles. The molecule has 2 N–H and O–H groups in total. The lowest BCUT2D eigenvalue weighted by molar-refractivity contribution is -0.139. The Morgan fingerprint density at radius 1 is 1.25 bits per heavy atom. The highest BCUT2D eigenvalue weighted by atomic mass is 16.5. The summed E-state index contributed by atoms with van der Waals surface area (Å²) >= 11 is 0. The predicted molar refractivity (Wildman–Crippen MR) is 92.3 cm³/mol. The second-order valence-electron chi connectivity index (χ2n) is 5.07. The van der Waals surface area contributed by atoms with E-state index in [1.54, 1.807) is 38.1 Å². The maximum absolute atomic E-state index is 11.5. The number of hydrogen-bond acceptors (Lipinski definition) is 5. The molecule has 0 saturated carbocycles. The van der Waals surface area contributed by atoms with Crippen LogP contribution in [0.25, 0.3) is 0 Å².